The largest absolute Gasteiger partial charge is 1.00 e. The number of benzene rings is 9. The van der Waals surface area contributed by atoms with Crippen molar-refractivity contribution in [2.45, 2.75) is 232 Å². The number of halogens is 1. The second-order valence-electron chi connectivity index (χ2n) is 38.8. The van der Waals surface area contributed by atoms with E-state index < -0.39 is 71.3 Å². The Bertz CT molecular complexity index is 6700. The Kier molecular flexibility index (Phi) is 41.9. The van der Waals surface area contributed by atoms with Crippen molar-refractivity contribution in [2.24, 2.45) is 4.99 Å². The zero-order valence-electron chi connectivity index (χ0n) is 85.2. The Morgan fingerprint density at radius 1 is 0.493 bits per heavy atom. The number of isocyanates is 1. The van der Waals surface area contributed by atoms with Crippen LogP contribution in [-0.2, 0) is 134 Å². The minimum absolute atomic E-state index is 0. The first-order chi connectivity index (χ1) is 66.3. The number of fused-ring (bicyclic) bond motifs is 5. The molecule has 4 aliphatic heterocycles. The third-order valence-electron chi connectivity index (χ3n) is 25.6. The van der Waals surface area contributed by atoms with Gasteiger partial charge in [-0.25, -0.2) is 4.79 Å². The smallest absolute Gasteiger partial charge is 1.00 e. The quantitative estimate of drug-likeness (QED) is 0.00669. The molecule has 0 radical (unpaired) electrons. The van der Waals surface area contributed by atoms with Gasteiger partial charge in [0.05, 0.1) is 102 Å². The number of rotatable bonds is 11. The molecule has 4 amide bonds. The van der Waals surface area contributed by atoms with Crippen LogP contribution in [0.1, 0.15) is 239 Å². The van der Waals surface area contributed by atoms with Crippen molar-refractivity contribution in [3.05, 3.63) is 313 Å². The van der Waals surface area contributed by atoms with Crippen molar-refractivity contribution in [2.75, 3.05) is 10.7 Å². The minimum Gasteiger partial charge on any atom is -1.00 e. The number of nitriles is 4. The number of hydrogen-bond acceptors (Lipinski definition) is 27. The molecule has 750 valence electrons. The Morgan fingerprint density at radius 3 is 1.28 bits per heavy atom. The first-order valence-corrected chi connectivity index (χ1v) is 48.0. The Labute approximate surface area is 874 Å². The van der Waals surface area contributed by atoms with E-state index in [1.807, 2.05) is 245 Å². The van der Waals surface area contributed by atoms with Crippen LogP contribution in [0, 0.1) is 75.7 Å². The molecule has 0 spiro atoms. The second-order valence-corrected chi connectivity index (χ2v) is 39.7. The summed E-state index contributed by atoms with van der Waals surface area (Å²) in [7, 11) is -5.45. The molecule has 16 rings (SSSR count). The van der Waals surface area contributed by atoms with Gasteiger partial charge in [0.15, 0.2) is 0 Å². The van der Waals surface area contributed by atoms with E-state index in [0.717, 1.165) is 77.8 Å². The number of nitrogens with one attached hydrogen (secondary N) is 2. The van der Waals surface area contributed by atoms with E-state index in [1.165, 1.54) is 36.4 Å². The second kappa shape index (κ2) is 49.8. The predicted molar refractivity (Wildman–Crippen MR) is 545 cm³/mol. The van der Waals surface area contributed by atoms with Gasteiger partial charge in [0, 0.05) is 83.9 Å². The van der Waals surface area contributed by atoms with Crippen LogP contribution in [0.2, 0.25) is 0 Å². The number of imide groups is 2. The first kappa shape index (κ1) is 121. The summed E-state index contributed by atoms with van der Waals surface area (Å²) in [6.07, 6.45) is 3.88. The van der Waals surface area contributed by atoms with Gasteiger partial charge in [0.25, 0.3) is 28.3 Å². The van der Waals surface area contributed by atoms with Crippen LogP contribution in [0.15, 0.2) is 199 Å². The third-order valence-corrected chi connectivity index (χ3v) is 25.6. The molecule has 4 heterocycles. The summed E-state index contributed by atoms with van der Waals surface area (Å²) in [5.74, 6) is -0.714. The van der Waals surface area contributed by atoms with Gasteiger partial charge in [-0.15, -0.1) is 10.1 Å². The van der Waals surface area contributed by atoms with E-state index in [2.05, 4.69) is 50.4 Å². The number of nitro groups is 2. The third kappa shape index (κ3) is 30.9. The average molecular weight is 2110 g/mol. The number of anilines is 1. The number of nitrogens with zero attached hydrogens (tertiary/aromatic N) is 8. The summed E-state index contributed by atoms with van der Waals surface area (Å²) < 4.78 is 55.6. The first-order valence-electron chi connectivity index (χ1n) is 44.4. The van der Waals surface area contributed by atoms with Gasteiger partial charge >= 0.3 is 54.2 Å². The number of nitrogen functional groups attached to an aromatic ring is 1. The van der Waals surface area contributed by atoms with Gasteiger partial charge in [-0.2, -0.15) is 34.5 Å². The van der Waals surface area contributed by atoms with E-state index in [1.54, 1.807) is 74.5 Å². The van der Waals surface area contributed by atoms with Gasteiger partial charge in [-0.1, -0.05) is 150 Å². The van der Waals surface area contributed by atoms with Gasteiger partial charge in [-0.3, -0.25) is 78.3 Å². The molecule has 0 bridgehead atoms. The number of amides is 4. The number of ketones is 4. The maximum atomic E-state index is 12.7. The molecule has 3 aliphatic carbocycles. The number of carbonyl (C=O) groups excluding carboxylic acids is 9. The van der Waals surface area contributed by atoms with Crippen molar-refractivity contribution in [3.8, 4) is 24.3 Å². The van der Waals surface area contributed by atoms with Crippen LogP contribution >= 0.6 is 22.6 Å². The molecule has 35 nitrogen and oxygen atoms in total. The zero-order chi connectivity index (χ0) is 108. The average Bonchev–Trinajstić information content (AvgIpc) is 1.71. The standard InChI is InChI=1S/C26H31BO4.C13H16BNO3.C11H10N2O4.C11H10N2.C11H11NO3.C11H11NO2.C11H13NO.C9H6N2.CH3I.HNO3.Na.H2O4S.H/c1-24(2)22-12-9-18(13-19(22)16-23(24)29)15-21(28)14-17-7-10-20(11-8-17)27-30-25(3,4)26(5,6)31-27;1-12(2)13(3,4)18-14(17-12)10-5-7-11(8-6-10)15-9-16;1-11(2)8-4-3-6(13(16)17)5-7(8)9(14)12-10(11)15;1-11(2,8-13)10-6-4-3-5-9(10)7-12;1-11(2)9-4-3-8(12(14)15)5-7(9)6-10(11)13;1-11(2)8-6-4-3-5-7(8)9(13)12-10(11)14;1-11(2)9-4-3-8(12)5-7(9)6-10(11)13;10-6-5-8-3-1-2-4-9(8)7-11;1-2;2-1(3)4;;1-5(2,3)4;/h7-13H,14-16H2,1-6H3;5-8H,1-4H3;3-5H,1-2H3,(H,12,14,15);3-6H,1-2H3;3-5H,6H2,1-2H3;3-6H,1-2H3,(H,12,13,14);3-5H,6,12H2,1-2H3;1-4H,5H2;1H3;(H,2,3,4);;(H2,1,2,3,4);/q;;;;;;;;;;+1;;-1. The molecule has 7 N–H and O–H groups in total. The molecule has 2 fully saturated rings. The van der Waals surface area contributed by atoms with Crippen molar-refractivity contribution in [3.63, 3.8) is 0 Å². The Morgan fingerprint density at radius 2 is 0.847 bits per heavy atom. The summed E-state index contributed by atoms with van der Waals surface area (Å²) in [4.78, 5) is 139. The Balaban J connectivity index is 0.000000346. The molecular formula is C104H115B2IN11NaO24S. The molecule has 0 atom stereocenters. The van der Waals surface area contributed by atoms with Crippen molar-refractivity contribution >= 4 is 134 Å². The number of alkyl halides is 1. The van der Waals surface area contributed by atoms with Crippen LogP contribution < -0.4 is 56.9 Å². The number of non-ortho nitro benzene ring substituents is 2. The number of nitrogens with two attached hydrogens (primary N) is 1. The van der Waals surface area contributed by atoms with E-state index >= 15 is 0 Å². The fourth-order valence-electron chi connectivity index (χ4n) is 15.5. The monoisotopic (exact) mass is 2110 g/mol. The topological polar surface area (TPSA) is 572 Å². The van der Waals surface area contributed by atoms with Gasteiger partial charge in [0.1, 0.15) is 23.1 Å². The summed E-state index contributed by atoms with van der Waals surface area (Å²) in [5.41, 5.74) is 16.9. The molecular weight excluding hydrogens is 1990 g/mol. The number of hydrogen-bond donors (Lipinski definition) is 6. The minimum atomic E-state index is -4.67. The number of nitro benzene ring substituents is 2. The fraction of sp³-hybridized carbons (Fsp3) is 0.356. The summed E-state index contributed by atoms with van der Waals surface area (Å²) in [5, 5.41) is 74.1. The SMILES string of the molecule is CC(C)(C#N)c1ccccc1C#N.CC1(C)C(=O)Cc2cc(CC(=O)Cc3ccc(B4OC(C)(C)C(C)(C)O4)cc3)ccc21.CC1(C)C(=O)Cc2cc(N)ccc21.CC1(C)C(=O)Cc2cc([N+](=O)[O-])ccc21.CC1(C)C(=O)NC(=O)c2cc([N+](=O)[O-])ccc21.CC1(C)C(=O)NC(=O)c2ccccc21.CC1(C)OB(c2ccc(N=C=O)cc2)OC1(C)C.CI.N#CCc1ccccc1C#N.O=S(=O)(O)O.O=[N+]([O-])O.[H-].[Na+]. The molecule has 7 aliphatic rings. The maximum Gasteiger partial charge on any atom is 1.00 e. The van der Waals surface area contributed by atoms with Crippen molar-refractivity contribution in [1.82, 2.24) is 10.6 Å². The van der Waals surface area contributed by atoms with E-state index in [4.69, 9.17) is 78.2 Å². The van der Waals surface area contributed by atoms with Crippen LogP contribution in [-0.4, -0.2) is 132 Å². The van der Waals surface area contributed by atoms with Crippen LogP contribution in [0.4, 0.5) is 22.7 Å². The molecule has 0 aromatic heterocycles. The van der Waals surface area contributed by atoms with Gasteiger partial charge in [-0.05, 0) is 264 Å². The predicted octanol–water partition coefficient (Wildman–Crippen LogP) is 12.9. The van der Waals surface area contributed by atoms with E-state index in [-0.39, 0.29) is 118 Å². The number of Topliss-reactive ketones (excluding diaryl/α,β-unsaturated/α-hetero) is 4. The molecule has 2 saturated heterocycles. The molecule has 9 aromatic carbocycles. The zero-order valence-corrected chi connectivity index (χ0v) is 89.2. The van der Waals surface area contributed by atoms with Crippen LogP contribution in [0.25, 0.3) is 0 Å². The number of aliphatic imine (C=N–C) groups is 1. The molecule has 0 saturated carbocycles. The summed E-state index contributed by atoms with van der Waals surface area (Å²) in [6.45, 7) is 38.4. The van der Waals surface area contributed by atoms with Crippen molar-refractivity contribution in [1.29, 1.82) is 21.0 Å². The van der Waals surface area contributed by atoms with Crippen LogP contribution in [0.5, 0.6) is 0 Å². The maximum absolute atomic E-state index is 12.7. The normalized spacial score (nSPS) is 16.6. The van der Waals surface area contributed by atoms with Gasteiger partial charge < -0.3 is 31.0 Å². The Hall–Kier alpha value is -13.4. The molecule has 0 unspecified atom stereocenters. The molecule has 144 heavy (non-hydrogen) atoms. The van der Waals surface area contributed by atoms with Gasteiger partial charge in [0.2, 0.25) is 17.9 Å². The summed E-state index contributed by atoms with van der Waals surface area (Å²) >= 11 is 2.15. The molecule has 40 heteroatoms. The van der Waals surface area contributed by atoms with E-state index in [0.29, 0.717) is 66.5 Å². The summed E-state index contributed by atoms with van der Waals surface area (Å²) in [6, 6.07) is 65.3. The fourth-order valence-corrected chi connectivity index (χ4v) is 15.5. The van der Waals surface area contributed by atoms with Crippen LogP contribution in [0.3, 0.4) is 0 Å². The number of carbonyl (C=O) groups is 8. The van der Waals surface area contributed by atoms with Crippen molar-refractivity contribution < 1.29 is 130 Å². The molecule has 9 aromatic rings. The van der Waals surface area contributed by atoms with E-state index in [9.17, 15) is 63.4 Å².